The van der Waals surface area contributed by atoms with Crippen LogP contribution in [0.25, 0.3) is 0 Å². The summed E-state index contributed by atoms with van der Waals surface area (Å²) in [4.78, 5) is 24.4. The molecule has 1 unspecified atom stereocenters. The molecule has 0 aliphatic carbocycles. The van der Waals surface area contributed by atoms with Gasteiger partial charge in [0, 0.05) is 0 Å². The first kappa shape index (κ1) is 18.1. The minimum atomic E-state index is -0.783. The predicted molar refractivity (Wildman–Crippen MR) is 77.3 cm³/mol. The van der Waals surface area contributed by atoms with Gasteiger partial charge in [-0.2, -0.15) is 0 Å². The Kier molecular flexibility index (Phi) is 8.71. The SMILES string of the molecule is CCNCC1CCN(C(C)C(=O)NC(N)=O)CC1.Cl. The molecule has 1 heterocycles. The van der Waals surface area contributed by atoms with Crippen molar-refractivity contribution in [1.29, 1.82) is 0 Å². The number of carbonyl (C=O) groups excluding carboxylic acids is 2. The Bertz CT molecular complexity index is 293. The van der Waals surface area contributed by atoms with E-state index in [0.717, 1.165) is 39.0 Å². The fourth-order valence-electron chi connectivity index (χ4n) is 2.28. The molecule has 0 aromatic heterocycles. The van der Waals surface area contributed by atoms with Gasteiger partial charge in [-0.1, -0.05) is 6.92 Å². The van der Waals surface area contributed by atoms with E-state index >= 15 is 0 Å². The molecule has 0 spiro atoms. The second-order valence-electron chi connectivity index (χ2n) is 4.82. The summed E-state index contributed by atoms with van der Waals surface area (Å²) in [7, 11) is 0. The zero-order chi connectivity index (χ0) is 13.5. The zero-order valence-electron chi connectivity index (χ0n) is 11.6. The van der Waals surface area contributed by atoms with Crippen LogP contribution in [-0.2, 0) is 4.79 Å². The third-order valence-corrected chi connectivity index (χ3v) is 3.51. The van der Waals surface area contributed by atoms with Crippen molar-refractivity contribution in [2.45, 2.75) is 32.7 Å². The van der Waals surface area contributed by atoms with Gasteiger partial charge in [-0.15, -0.1) is 12.4 Å². The van der Waals surface area contributed by atoms with E-state index in [1.54, 1.807) is 0 Å². The van der Waals surface area contributed by atoms with Crippen LogP contribution < -0.4 is 16.4 Å². The summed E-state index contributed by atoms with van der Waals surface area (Å²) >= 11 is 0. The number of imide groups is 1. The van der Waals surface area contributed by atoms with E-state index in [0.29, 0.717) is 5.92 Å². The monoisotopic (exact) mass is 292 g/mol. The number of amides is 3. The predicted octanol–water partition coefficient (Wildman–Crippen LogP) is 0.313. The fourth-order valence-corrected chi connectivity index (χ4v) is 2.28. The van der Waals surface area contributed by atoms with Crippen molar-refractivity contribution in [3.8, 4) is 0 Å². The second kappa shape index (κ2) is 9.12. The van der Waals surface area contributed by atoms with Crippen LogP contribution in [0.4, 0.5) is 4.79 Å². The third-order valence-electron chi connectivity index (χ3n) is 3.51. The Morgan fingerprint density at radius 3 is 2.42 bits per heavy atom. The number of likely N-dealkylation sites (tertiary alicyclic amines) is 1. The van der Waals surface area contributed by atoms with Gasteiger partial charge in [0.1, 0.15) is 0 Å². The van der Waals surface area contributed by atoms with Crippen molar-refractivity contribution in [2.24, 2.45) is 11.7 Å². The van der Waals surface area contributed by atoms with Crippen molar-refractivity contribution in [2.75, 3.05) is 26.2 Å². The first-order valence-corrected chi connectivity index (χ1v) is 6.59. The summed E-state index contributed by atoms with van der Waals surface area (Å²) in [6, 6.07) is -1.08. The Morgan fingerprint density at radius 2 is 1.95 bits per heavy atom. The first-order valence-electron chi connectivity index (χ1n) is 6.59. The number of primary amides is 1. The van der Waals surface area contributed by atoms with Crippen molar-refractivity contribution in [3.05, 3.63) is 0 Å². The fraction of sp³-hybridized carbons (Fsp3) is 0.833. The van der Waals surface area contributed by atoms with Crippen molar-refractivity contribution in [1.82, 2.24) is 15.5 Å². The highest BCUT2D eigenvalue weighted by Gasteiger charge is 2.26. The largest absolute Gasteiger partial charge is 0.351 e. The zero-order valence-corrected chi connectivity index (χ0v) is 12.5. The van der Waals surface area contributed by atoms with Gasteiger partial charge in [-0.05, 0) is 51.9 Å². The molecule has 1 atom stereocenters. The highest BCUT2D eigenvalue weighted by Crippen LogP contribution is 2.18. The second-order valence-corrected chi connectivity index (χ2v) is 4.82. The Labute approximate surface area is 120 Å². The molecule has 19 heavy (non-hydrogen) atoms. The number of urea groups is 1. The number of nitrogens with one attached hydrogen (secondary N) is 2. The maximum absolute atomic E-state index is 11.6. The van der Waals surface area contributed by atoms with Gasteiger partial charge in [0.2, 0.25) is 5.91 Å². The highest BCUT2D eigenvalue weighted by molar-refractivity contribution is 5.96. The quantitative estimate of drug-likeness (QED) is 0.681. The highest BCUT2D eigenvalue weighted by atomic mass is 35.5. The van der Waals surface area contributed by atoms with Gasteiger partial charge in [-0.25, -0.2) is 4.79 Å². The molecule has 4 N–H and O–H groups in total. The molecule has 0 radical (unpaired) electrons. The number of hydrogen-bond donors (Lipinski definition) is 3. The summed E-state index contributed by atoms with van der Waals surface area (Å²) in [6.07, 6.45) is 2.17. The molecule has 3 amide bonds. The van der Waals surface area contributed by atoms with Crippen LogP contribution in [0.15, 0.2) is 0 Å². The van der Waals surface area contributed by atoms with Gasteiger partial charge >= 0.3 is 6.03 Å². The Hall–Kier alpha value is -0.850. The van der Waals surface area contributed by atoms with Crippen LogP contribution in [0, 0.1) is 5.92 Å². The summed E-state index contributed by atoms with van der Waals surface area (Å²) in [5.41, 5.74) is 4.94. The molecule has 0 aromatic rings. The Balaban J connectivity index is 0.00000324. The number of piperidine rings is 1. The maximum atomic E-state index is 11.6. The molecule has 112 valence electrons. The van der Waals surface area contributed by atoms with Gasteiger partial charge in [0.05, 0.1) is 6.04 Å². The minimum absolute atomic E-state index is 0. The number of halogens is 1. The van der Waals surface area contributed by atoms with E-state index < -0.39 is 6.03 Å². The molecule has 1 aliphatic rings. The van der Waals surface area contributed by atoms with Crippen LogP contribution in [0.1, 0.15) is 26.7 Å². The van der Waals surface area contributed by atoms with E-state index in [1.165, 1.54) is 0 Å². The lowest BCUT2D eigenvalue weighted by molar-refractivity contribution is -0.125. The number of hydrogen-bond acceptors (Lipinski definition) is 4. The van der Waals surface area contributed by atoms with E-state index in [9.17, 15) is 9.59 Å². The lowest BCUT2D eigenvalue weighted by Crippen LogP contribution is -2.51. The molecular weight excluding hydrogens is 268 g/mol. The molecule has 0 saturated carbocycles. The van der Waals surface area contributed by atoms with E-state index in [2.05, 4.69) is 22.5 Å². The van der Waals surface area contributed by atoms with E-state index in [4.69, 9.17) is 5.73 Å². The van der Waals surface area contributed by atoms with Gasteiger partial charge in [0.25, 0.3) is 0 Å². The van der Waals surface area contributed by atoms with E-state index in [1.807, 2.05) is 6.92 Å². The molecule has 1 fully saturated rings. The lowest BCUT2D eigenvalue weighted by atomic mass is 9.95. The molecule has 1 saturated heterocycles. The average molecular weight is 293 g/mol. The van der Waals surface area contributed by atoms with Crippen LogP contribution >= 0.6 is 12.4 Å². The van der Waals surface area contributed by atoms with Gasteiger partial charge < -0.3 is 11.1 Å². The third kappa shape index (κ3) is 6.22. The molecule has 1 rings (SSSR count). The summed E-state index contributed by atoms with van der Waals surface area (Å²) in [5.74, 6) is 0.375. The van der Waals surface area contributed by atoms with Crippen molar-refractivity contribution < 1.29 is 9.59 Å². The maximum Gasteiger partial charge on any atom is 0.318 e. The van der Waals surface area contributed by atoms with Crippen LogP contribution in [0.5, 0.6) is 0 Å². The van der Waals surface area contributed by atoms with Crippen LogP contribution in [-0.4, -0.2) is 49.1 Å². The summed E-state index contributed by atoms with van der Waals surface area (Å²) in [6.45, 7) is 7.74. The Morgan fingerprint density at radius 1 is 1.37 bits per heavy atom. The summed E-state index contributed by atoms with van der Waals surface area (Å²) in [5, 5.41) is 5.48. The van der Waals surface area contributed by atoms with Crippen molar-refractivity contribution >= 4 is 24.3 Å². The van der Waals surface area contributed by atoms with E-state index in [-0.39, 0.29) is 24.4 Å². The van der Waals surface area contributed by atoms with Gasteiger partial charge in [-0.3, -0.25) is 15.0 Å². The van der Waals surface area contributed by atoms with Crippen LogP contribution in [0.2, 0.25) is 0 Å². The number of nitrogens with zero attached hydrogens (tertiary/aromatic N) is 1. The molecule has 0 bridgehead atoms. The molecule has 7 heteroatoms. The van der Waals surface area contributed by atoms with Crippen LogP contribution in [0.3, 0.4) is 0 Å². The number of nitrogens with two attached hydrogens (primary N) is 1. The molecular formula is C12H25ClN4O2. The molecule has 1 aliphatic heterocycles. The smallest absolute Gasteiger partial charge is 0.318 e. The number of rotatable bonds is 5. The van der Waals surface area contributed by atoms with Gasteiger partial charge in [0.15, 0.2) is 0 Å². The lowest BCUT2D eigenvalue weighted by Gasteiger charge is -2.35. The topological polar surface area (TPSA) is 87.5 Å². The summed E-state index contributed by atoms with van der Waals surface area (Å²) < 4.78 is 0. The minimum Gasteiger partial charge on any atom is -0.351 e. The molecule has 0 aromatic carbocycles. The average Bonchev–Trinajstić information content (AvgIpc) is 2.35. The van der Waals surface area contributed by atoms with Crippen molar-refractivity contribution in [3.63, 3.8) is 0 Å². The molecule has 6 nitrogen and oxygen atoms in total. The first-order chi connectivity index (χ1) is 8.54. The standard InChI is InChI=1S/C12H24N4O2.ClH/c1-3-14-8-10-4-6-16(7-5-10)9(2)11(17)15-12(13)18;/h9-10,14H,3-8H2,1-2H3,(H3,13,15,17,18);1H. The number of carbonyl (C=O) groups is 2. The normalized spacial score (nSPS) is 18.4.